The number of benzene rings is 1. The topological polar surface area (TPSA) is 123 Å². The second kappa shape index (κ2) is 10.0. The first-order valence-electron chi connectivity index (χ1n) is 14.5. The molecule has 3 aliphatic heterocycles. The molecule has 3 heterocycles. The Balaban J connectivity index is 1.37. The van der Waals surface area contributed by atoms with E-state index in [0.29, 0.717) is 24.1 Å². The van der Waals surface area contributed by atoms with Crippen molar-refractivity contribution in [2.45, 2.75) is 74.3 Å². The van der Waals surface area contributed by atoms with Crippen LogP contribution in [-0.4, -0.2) is 75.4 Å². The lowest BCUT2D eigenvalue weighted by atomic mass is 9.77. The number of nitriles is 1. The first kappa shape index (κ1) is 30.1. The number of halogens is 4. The number of nitrogens with zero attached hydrogens (tertiary/aromatic N) is 3. The van der Waals surface area contributed by atoms with Gasteiger partial charge in [-0.05, 0) is 53.6 Å². The molecule has 1 aromatic carbocycles. The Morgan fingerprint density at radius 2 is 1.86 bits per heavy atom. The van der Waals surface area contributed by atoms with Crippen molar-refractivity contribution >= 4 is 52.5 Å². The van der Waals surface area contributed by atoms with Gasteiger partial charge < -0.3 is 20.4 Å². The molecule has 43 heavy (non-hydrogen) atoms. The SMILES string of the molecule is CC(C)(C)C(NC(=O)C(F)(Cl)Cl)C(=O)N1CC2C3CC(F)C(C3)C2C1C(=O)N1CC2(CC1C#N)C(=O)Nc1ccccc12. The Labute approximate surface area is 258 Å². The van der Waals surface area contributed by atoms with E-state index in [1.54, 1.807) is 45.0 Å². The number of alkyl halides is 4. The van der Waals surface area contributed by atoms with E-state index in [4.69, 9.17) is 23.2 Å². The van der Waals surface area contributed by atoms with E-state index in [0.717, 1.165) is 0 Å². The summed E-state index contributed by atoms with van der Waals surface area (Å²) in [4.78, 5) is 57.4. The zero-order chi connectivity index (χ0) is 31.2. The van der Waals surface area contributed by atoms with Crippen molar-refractivity contribution in [3.05, 3.63) is 29.8 Å². The van der Waals surface area contributed by atoms with Gasteiger partial charge in [0.2, 0.25) is 17.7 Å². The molecule has 4 fully saturated rings. The van der Waals surface area contributed by atoms with E-state index in [9.17, 15) is 28.8 Å². The van der Waals surface area contributed by atoms with Gasteiger partial charge in [-0.15, -0.1) is 0 Å². The summed E-state index contributed by atoms with van der Waals surface area (Å²) in [5, 5.41) is 15.3. The van der Waals surface area contributed by atoms with Gasteiger partial charge in [0.25, 0.3) is 5.91 Å². The van der Waals surface area contributed by atoms with Crippen LogP contribution in [0.2, 0.25) is 0 Å². The molecule has 13 heteroatoms. The lowest BCUT2D eigenvalue weighted by Gasteiger charge is -2.39. The third-order valence-corrected chi connectivity index (χ3v) is 10.7. The highest BCUT2D eigenvalue weighted by Crippen LogP contribution is 2.59. The quantitative estimate of drug-likeness (QED) is 0.491. The molecule has 9 unspecified atom stereocenters. The molecular weight excluding hydrogens is 603 g/mol. The molecular formula is C30H33Cl2F2N5O4. The highest BCUT2D eigenvalue weighted by atomic mass is 35.5. The van der Waals surface area contributed by atoms with E-state index >= 15 is 4.39 Å². The van der Waals surface area contributed by atoms with Crippen LogP contribution in [0.15, 0.2) is 24.3 Å². The summed E-state index contributed by atoms with van der Waals surface area (Å²) in [7, 11) is 0. The highest BCUT2D eigenvalue weighted by molar-refractivity contribution is 6.56. The van der Waals surface area contributed by atoms with Gasteiger partial charge in [0.05, 0.1) is 11.5 Å². The van der Waals surface area contributed by atoms with Crippen molar-refractivity contribution in [1.82, 2.24) is 15.1 Å². The molecule has 2 N–H and O–H groups in total. The van der Waals surface area contributed by atoms with Gasteiger partial charge in [0, 0.05) is 25.2 Å². The molecule has 0 radical (unpaired) electrons. The molecule has 2 bridgehead atoms. The summed E-state index contributed by atoms with van der Waals surface area (Å²) in [5.41, 5.74) is -0.763. The van der Waals surface area contributed by atoms with Crippen LogP contribution in [0.25, 0.3) is 0 Å². The predicted octanol–water partition coefficient (Wildman–Crippen LogP) is 3.45. The van der Waals surface area contributed by atoms with Crippen LogP contribution in [0.4, 0.5) is 14.5 Å². The molecule has 6 rings (SSSR count). The minimum atomic E-state index is -3.29. The number of rotatable bonds is 4. The number of hydrogen-bond acceptors (Lipinski definition) is 5. The Kier molecular flexibility index (Phi) is 7.01. The third kappa shape index (κ3) is 4.59. The van der Waals surface area contributed by atoms with E-state index in [1.807, 2.05) is 0 Å². The van der Waals surface area contributed by atoms with Crippen LogP contribution in [0.1, 0.15) is 45.6 Å². The Morgan fingerprint density at radius 3 is 2.51 bits per heavy atom. The average Bonchev–Trinajstić information content (AvgIpc) is 3.72. The Bertz CT molecular complexity index is 1440. The highest BCUT2D eigenvalue weighted by Gasteiger charge is 2.65. The van der Waals surface area contributed by atoms with Crippen molar-refractivity contribution in [3.8, 4) is 6.07 Å². The number of likely N-dealkylation sites (tertiary alicyclic amines) is 2. The number of nitrogens with one attached hydrogen (secondary N) is 2. The van der Waals surface area contributed by atoms with Gasteiger partial charge in [-0.2, -0.15) is 9.65 Å². The van der Waals surface area contributed by atoms with Gasteiger partial charge in [-0.1, -0.05) is 62.2 Å². The second-order valence-electron chi connectivity index (χ2n) is 13.8. The summed E-state index contributed by atoms with van der Waals surface area (Å²) < 4.78 is 26.0. The minimum Gasteiger partial charge on any atom is -0.339 e. The van der Waals surface area contributed by atoms with Crippen molar-refractivity contribution in [1.29, 1.82) is 5.26 Å². The number of anilines is 1. The summed E-state index contributed by atoms with van der Waals surface area (Å²) in [6.07, 6.45) is -0.0956. The van der Waals surface area contributed by atoms with Crippen LogP contribution < -0.4 is 10.6 Å². The maximum atomic E-state index is 15.2. The van der Waals surface area contributed by atoms with Crippen molar-refractivity contribution in [2.75, 3.05) is 18.4 Å². The third-order valence-electron chi connectivity index (χ3n) is 10.4. The Morgan fingerprint density at radius 1 is 1.16 bits per heavy atom. The molecule has 2 saturated carbocycles. The predicted molar refractivity (Wildman–Crippen MR) is 153 cm³/mol. The molecule has 2 aliphatic carbocycles. The monoisotopic (exact) mass is 635 g/mol. The van der Waals surface area contributed by atoms with E-state index < -0.39 is 69.3 Å². The molecule has 9 atom stereocenters. The number of hydrogen-bond donors (Lipinski definition) is 2. The van der Waals surface area contributed by atoms with Crippen molar-refractivity contribution < 1.29 is 28.0 Å². The minimum absolute atomic E-state index is 0.0193. The number of carbonyl (C=O) groups excluding carboxylic acids is 4. The first-order valence-corrected chi connectivity index (χ1v) is 15.3. The van der Waals surface area contributed by atoms with Gasteiger partial charge in [-0.3, -0.25) is 19.2 Å². The normalized spacial score (nSPS) is 35.0. The summed E-state index contributed by atoms with van der Waals surface area (Å²) in [6, 6.07) is 5.92. The van der Waals surface area contributed by atoms with Gasteiger partial charge >= 0.3 is 4.59 Å². The molecule has 2 saturated heterocycles. The van der Waals surface area contributed by atoms with Gasteiger partial charge in [0.15, 0.2) is 0 Å². The Hall–Kier alpha value is -2.97. The number of para-hydroxylation sites is 1. The maximum Gasteiger partial charge on any atom is 0.335 e. The van der Waals surface area contributed by atoms with E-state index in [-0.39, 0.29) is 37.3 Å². The number of carbonyl (C=O) groups is 4. The molecule has 9 nitrogen and oxygen atoms in total. The van der Waals surface area contributed by atoms with Crippen LogP contribution in [0, 0.1) is 40.4 Å². The van der Waals surface area contributed by atoms with Gasteiger partial charge in [-0.25, -0.2) is 4.39 Å². The maximum absolute atomic E-state index is 15.2. The molecule has 1 aromatic rings. The lowest BCUT2D eigenvalue weighted by molar-refractivity contribution is -0.149. The molecule has 4 amide bonds. The summed E-state index contributed by atoms with van der Waals surface area (Å²) in [6.45, 7) is 5.08. The molecule has 5 aliphatic rings. The zero-order valence-corrected chi connectivity index (χ0v) is 25.5. The van der Waals surface area contributed by atoms with Crippen molar-refractivity contribution in [2.24, 2.45) is 29.1 Å². The van der Waals surface area contributed by atoms with Crippen LogP contribution in [-0.2, 0) is 24.6 Å². The van der Waals surface area contributed by atoms with Crippen LogP contribution in [0.5, 0.6) is 0 Å². The second-order valence-corrected chi connectivity index (χ2v) is 15.0. The average molecular weight is 637 g/mol. The van der Waals surface area contributed by atoms with Crippen LogP contribution in [0.3, 0.4) is 0 Å². The first-order chi connectivity index (χ1) is 20.1. The summed E-state index contributed by atoms with van der Waals surface area (Å²) >= 11 is 10.8. The number of amides is 4. The zero-order valence-electron chi connectivity index (χ0n) is 24.0. The van der Waals surface area contributed by atoms with Crippen LogP contribution >= 0.6 is 23.2 Å². The van der Waals surface area contributed by atoms with E-state index in [2.05, 4.69) is 16.7 Å². The molecule has 230 valence electrons. The fourth-order valence-corrected chi connectivity index (χ4v) is 8.54. The van der Waals surface area contributed by atoms with E-state index in [1.165, 1.54) is 9.80 Å². The molecule has 1 spiro atoms. The molecule has 0 aromatic heterocycles. The lowest BCUT2D eigenvalue weighted by Crippen LogP contribution is -2.60. The standard InChI is InChI=1S/C30H33Cl2F2N5O4/c1-28(2,3)23(37-27(43)30(31,32)34)25(41)38-12-17-14-8-16(19(33)9-14)21(17)22(38)24(40)39-13-29(10-15(39)11-35)18-6-4-5-7-20(18)36-26(29)42/h4-7,14-17,19,21-23H,8-10,12-13H2,1-3H3,(H,36,42)(H,37,43). The fraction of sp³-hybridized carbons (Fsp3) is 0.633. The van der Waals surface area contributed by atoms with Gasteiger partial charge in [0.1, 0.15) is 24.3 Å². The largest absolute Gasteiger partial charge is 0.339 e. The summed E-state index contributed by atoms with van der Waals surface area (Å²) in [5.74, 6) is -4.01. The fourth-order valence-electron chi connectivity index (χ4n) is 8.43. The number of fused-ring (bicyclic) bond motifs is 7. The van der Waals surface area contributed by atoms with Crippen molar-refractivity contribution in [3.63, 3.8) is 0 Å². The smallest absolute Gasteiger partial charge is 0.335 e.